The van der Waals surface area contributed by atoms with Crippen molar-refractivity contribution in [3.8, 4) is 0 Å². The second kappa shape index (κ2) is 7.47. The first kappa shape index (κ1) is 16.7. The summed E-state index contributed by atoms with van der Waals surface area (Å²) in [5, 5.41) is 0. The summed E-state index contributed by atoms with van der Waals surface area (Å²) in [6, 6.07) is 23.3. The predicted octanol–water partition coefficient (Wildman–Crippen LogP) is 2.40. The zero-order chi connectivity index (χ0) is 13.7. The Kier molecular flexibility index (Phi) is 6.25. The van der Waals surface area contributed by atoms with Gasteiger partial charge in [0.25, 0.3) is 0 Å². The van der Waals surface area contributed by atoms with Crippen molar-refractivity contribution >= 4 is 5.90 Å². The van der Waals surface area contributed by atoms with Crippen LogP contribution in [0.1, 0.15) is 26.3 Å². The molecule has 2 aromatic rings. The molecule has 1 aliphatic rings. The van der Waals surface area contributed by atoms with E-state index in [9.17, 15) is 0 Å². The van der Waals surface area contributed by atoms with E-state index in [1.807, 2.05) is 0 Å². The maximum atomic E-state index is 5.48. The normalized spacial score (nSPS) is 17.4. The van der Waals surface area contributed by atoms with Crippen LogP contribution in [0.2, 0.25) is 0 Å². The summed E-state index contributed by atoms with van der Waals surface area (Å²) in [5.74, 6) is 0.627. The van der Waals surface area contributed by atoms with Gasteiger partial charge in [0.2, 0.25) is 0 Å². The molecule has 0 amide bonds. The molecule has 0 spiro atoms. The molecule has 1 atom stereocenters. The van der Waals surface area contributed by atoms with Crippen LogP contribution in [0.15, 0.2) is 11.1 Å². The van der Waals surface area contributed by atoms with Crippen LogP contribution in [0.3, 0.4) is 0 Å². The molecule has 2 aromatic carbocycles. The van der Waals surface area contributed by atoms with E-state index >= 15 is 0 Å². The largest absolute Gasteiger partial charge is 2.00 e. The fraction of sp³-hybridized carbons (Fsp3) is 0.353. The number of aliphatic imine (C=N–C) groups is 1. The molecular weight excluding hydrogens is 290 g/mol. The monoisotopic (exact) mass is 303 g/mol. The van der Waals surface area contributed by atoms with E-state index in [0.717, 1.165) is 5.56 Å². The molecule has 0 N–H and O–H groups in total. The average Bonchev–Trinajstić information content (AvgIpc) is 3.13. The first-order chi connectivity index (χ1) is 9.07. The summed E-state index contributed by atoms with van der Waals surface area (Å²) in [4.78, 5) is 4.49. The third-order valence-corrected chi connectivity index (χ3v) is 2.65. The fourth-order valence-electron chi connectivity index (χ4n) is 1.46. The van der Waals surface area contributed by atoms with Crippen molar-refractivity contribution in [2.45, 2.75) is 26.8 Å². The predicted molar refractivity (Wildman–Crippen MR) is 70.5 cm³/mol. The number of rotatable bonds is 1. The van der Waals surface area contributed by atoms with Gasteiger partial charge in [0.1, 0.15) is 0 Å². The standard InChI is InChI=1S/C12H12NO.C5H.Fe/c1-12(2,3)10-8-14-11(13-10)9-6-4-5-7-9;1-2-4-5-3-1;/h10H,8H2,1-3H3;1H;/q2*-5;+2/t10-;;/m0../s1. The molecule has 3 heteroatoms. The van der Waals surface area contributed by atoms with Crippen molar-refractivity contribution in [2.24, 2.45) is 10.4 Å². The second-order valence-electron chi connectivity index (χ2n) is 5.19. The summed E-state index contributed by atoms with van der Waals surface area (Å²) >= 11 is 0. The number of hydrogen-bond acceptors (Lipinski definition) is 2. The van der Waals surface area contributed by atoms with Gasteiger partial charge in [-0.1, -0.05) is 20.8 Å². The molecule has 0 saturated heterocycles. The van der Waals surface area contributed by atoms with E-state index < -0.39 is 0 Å². The van der Waals surface area contributed by atoms with Crippen molar-refractivity contribution < 1.29 is 21.8 Å². The Bertz CT molecular complexity index is 474. The maximum absolute atomic E-state index is 5.48. The smallest absolute Gasteiger partial charge is 0.999 e. The third kappa shape index (κ3) is 4.66. The maximum Gasteiger partial charge on any atom is 2.00 e. The first-order valence-corrected chi connectivity index (χ1v) is 6.00. The van der Waals surface area contributed by atoms with Crippen LogP contribution in [-0.2, 0) is 21.8 Å². The van der Waals surface area contributed by atoms with Gasteiger partial charge in [0, 0.05) is 0 Å². The van der Waals surface area contributed by atoms with E-state index in [4.69, 9.17) is 4.74 Å². The fourth-order valence-corrected chi connectivity index (χ4v) is 1.46. The topological polar surface area (TPSA) is 21.6 Å². The molecule has 0 saturated carbocycles. The van der Waals surface area contributed by atoms with Crippen LogP contribution in [0.4, 0.5) is 0 Å². The molecule has 0 fully saturated rings. The van der Waals surface area contributed by atoms with Crippen molar-refractivity contribution in [3.63, 3.8) is 0 Å². The van der Waals surface area contributed by atoms with Gasteiger partial charge < -0.3 is 69.9 Å². The van der Waals surface area contributed by atoms with Crippen LogP contribution in [0, 0.1) is 53.9 Å². The van der Waals surface area contributed by atoms with E-state index in [1.54, 1.807) is 6.07 Å². The minimum atomic E-state index is 0. The van der Waals surface area contributed by atoms with Crippen LogP contribution >= 0.6 is 0 Å². The van der Waals surface area contributed by atoms with Crippen molar-refractivity contribution in [3.05, 3.63) is 60.2 Å². The third-order valence-electron chi connectivity index (χ3n) is 2.65. The SMILES string of the molecule is CC(C)(C)[C@@H]1COC([c-]2[c-][c-][c-][c-]2)=N1.[Fe+2].[c-]1[c-][c-][cH-][c-]1. The molecule has 108 valence electrons. The van der Waals surface area contributed by atoms with E-state index in [0.29, 0.717) is 12.5 Å². The molecule has 0 bridgehead atoms. The van der Waals surface area contributed by atoms with Crippen molar-refractivity contribution in [2.75, 3.05) is 6.61 Å². The van der Waals surface area contributed by atoms with Gasteiger partial charge >= 0.3 is 17.1 Å². The van der Waals surface area contributed by atoms with Gasteiger partial charge in [-0.2, -0.15) is 0 Å². The molecule has 0 unspecified atom stereocenters. The minimum absolute atomic E-state index is 0. The van der Waals surface area contributed by atoms with E-state index in [2.05, 4.69) is 74.3 Å². The average molecular weight is 303 g/mol. The Morgan fingerprint density at radius 2 is 1.75 bits per heavy atom. The Hall–Kier alpha value is -1.31. The quantitative estimate of drug-likeness (QED) is 0.585. The van der Waals surface area contributed by atoms with Gasteiger partial charge in [-0.3, -0.25) is 0 Å². The second-order valence-corrected chi connectivity index (χ2v) is 5.19. The summed E-state index contributed by atoms with van der Waals surface area (Å²) in [6.45, 7) is 7.12. The Labute approximate surface area is 132 Å². The van der Waals surface area contributed by atoms with Crippen LogP contribution in [-0.4, -0.2) is 18.5 Å². The Morgan fingerprint density at radius 1 is 1.15 bits per heavy atom. The van der Waals surface area contributed by atoms with Gasteiger partial charge in [-0.15, -0.1) is 0 Å². The van der Waals surface area contributed by atoms with Gasteiger partial charge in [0.15, 0.2) is 0 Å². The minimum Gasteiger partial charge on any atom is -0.999 e. The summed E-state index contributed by atoms with van der Waals surface area (Å²) in [5.41, 5.74) is 0.874. The van der Waals surface area contributed by atoms with Crippen LogP contribution in [0.5, 0.6) is 0 Å². The molecule has 0 aromatic heterocycles. The summed E-state index contributed by atoms with van der Waals surface area (Å²) in [6.07, 6.45) is 0. The summed E-state index contributed by atoms with van der Waals surface area (Å²) in [7, 11) is 0. The zero-order valence-corrected chi connectivity index (χ0v) is 12.7. The zero-order valence-electron chi connectivity index (χ0n) is 11.6. The van der Waals surface area contributed by atoms with Crippen LogP contribution < -0.4 is 0 Å². The van der Waals surface area contributed by atoms with E-state index in [1.165, 1.54) is 0 Å². The van der Waals surface area contributed by atoms with Crippen molar-refractivity contribution in [1.82, 2.24) is 0 Å². The number of ether oxygens (including phenoxy) is 1. The van der Waals surface area contributed by atoms with Gasteiger partial charge in [0.05, 0.1) is 12.6 Å². The molecular formula is C17H13FeNO-8. The van der Waals surface area contributed by atoms with Gasteiger partial charge in [-0.25, -0.2) is 5.90 Å². The Balaban J connectivity index is 0.000000283. The molecule has 20 heavy (non-hydrogen) atoms. The van der Waals surface area contributed by atoms with Gasteiger partial charge in [-0.05, 0) is 5.41 Å². The first-order valence-electron chi connectivity index (χ1n) is 6.00. The molecule has 3 rings (SSSR count). The molecule has 2 nitrogen and oxygen atoms in total. The molecule has 1 heterocycles. The molecule has 0 aliphatic carbocycles. The number of nitrogens with zero attached hydrogens (tertiary/aromatic N) is 1. The van der Waals surface area contributed by atoms with Crippen LogP contribution in [0.25, 0.3) is 0 Å². The van der Waals surface area contributed by atoms with E-state index in [-0.39, 0.29) is 28.5 Å². The molecule has 0 radical (unpaired) electrons. The molecule has 1 aliphatic heterocycles. The summed E-state index contributed by atoms with van der Waals surface area (Å²) < 4.78 is 5.48. The number of hydrogen-bond donors (Lipinski definition) is 0. The van der Waals surface area contributed by atoms with Crippen molar-refractivity contribution in [1.29, 1.82) is 0 Å². The Morgan fingerprint density at radius 3 is 2.15 bits per heavy atom.